The second-order valence-electron chi connectivity index (χ2n) is 9.75. The van der Waals surface area contributed by atoms with Crippen LogP contribution < -0.4 is 9.88 Å². The van der Waals surface area contributed by atoms with E-state index in [1.54, 1.807) is 30.0 Å². The lowest BCUT2D eigenvalue weighted by Crippen LogP contribution is -2.49. The zero-order valence-electron chi connectivity index (χ0n) is 20.1. The highest BCUT2D eigenvalue weighted by atomic mass is 32.2. The van der Waals surface area contributed by atoms with E-state index in [0.29, 0.717) is 30.9 Å². The molecule has 1 fully saturated rings. The van der Waals surface area contributed by atoms with Crippen LogP contribution in [-0.2, 0) is 16.4 Å². The van der Waals surface area contributed by atoms with Gasteiger partial charge in [-0.3, -0.25) is 14.2 Å². The molecule has 7 nitrogen and oxygen atoms in total. The van der Waals surface area contributed by atoms with Gasteiger partial charge in [0, 0.05) is 31.6 Å². The van der Waals surface area contributed by atoms with E-state index in [0.717, 1.165) is 24.2 Å². The van der Waals surface area contributed by atoms with Crippen molar-refractivity contribution in [3.63, 3.8) is 0 Å². The van der Waals surface area contributed by atoms with Crippen LogP contribution in [0.1, 0.15) is 29.7 Å². The van der Waals surface area contributed by atoms with E-state index in [1.165, 1.54) is 12.1 Å². The van der Waals surface area contributed by atoms with E-state index in [4.69, 9.17) is 9.88 Å². The van der Waals surface area contributed by atoms with Crippen LogP contribution in [0.4, 0.5) is 13.2 Å². The van der Waals surface area contributed by atoms with Crippen LogP contribution in [0.25, 0.3) is 0 Å². The lowest BCUT2D eigenvalue weighted by Gasteiger charge is -2.43. The standard InChI is InChI=1S/C25H32F3N3O4S/c1-17-10-20-11-22(36(29,33)34)6-7-23(20)24(31(17)15-25(27,28)16-32)19-2-4-21(5-3-19)35-9-8-30-13-18(12-26)14-30/h2-7,11,17-18,24,32H,8-10,12-16H2,1H3,(H2,29,33,34)/t17-,24-/m0/s1. The first-order chi connectivity index (χ1) is 17.0. The minimum atomic E-state index is -3.91. The van der Waals surface area contributed by atoms with E-state index in [2.05, 4.69) is 4.90 Å². The molecule has 0 aromatic heterocycles. The zero-order valence-corrected chi connectivity index (χ0v) is 20.9. The van der Waals surface area contributed by atoms with Crippen molar-refractivity contribution in [2.75, 3.05) is 46.1 Å². The van der Waals surface area contributed by atoms with Crippen LogP contribution in [0.5, 0.6) is 5.75 Å². The quantitative estimate of drug-likeness (QED) is 0.493. The SMILES string of the molecule is C[C@H]1Cc2cc(S(N)(=O)=O)ccc2[C@H](c2ccc(OCCN3CC(CF)C3)cc2)N1CC(F)(F)CO. The second-order valence-corrected chi connectivity index (χ2v) is 11.3. The Morgan fingerprint density at radius 2 is 1.86 bits per heavy atom. The molecule has 0 unspecified atom stereocenters. The highest BCUT2D eigenvalue weighted by molar-refractivity contribution is 7.89. The Kier molecular flexibility index (Phi) is 7.96. The lowest BCUT2D eigenvalue weighted by molar-refractivity contribution is -0.0862. The molecule has 3 N–H and O–H groups in total. The van der Waals surface area contributed by atoms with Crippen molar-refractivity contribution in [1.29, 1.82) is 0 Å². The van der Waals surface area contributed by atoms with Gasteiger partial charge in [0.1, 0.15) is 19.0 Å². The maximum Gasteiger partial charge on any atom is 0.283 e. The molecular weight excluding hydrogens is 495 g/mol. The number of nitrogens with two attached hydrogens (primary N) is 1. The van der Waals surface area contributed by atoms with Crippen molar-refractivity contribution in [1.82, 2.24) is 9.80 Å². The molecular formula is C25H32F3N3O4S. The number of alkyl halides is 3. The zero-order chi connectivity index (χ0) is 26.1. The second kappa shape index (κ2) is 10.7. The Hall–Kier alpha value is -2.18. The highest BCUT2D eigenvalue weighted by Gasteiger charge is 2.40. The summed E-state index contributed by atoms with van der Waals surface area (Å²) in [5.74, 6) is -2.56. The van der Waals surface area contributed by atoms with Crippen LogP contribution in [0.3, 0.4) is 0 Å². The molecule has 2 aromatic carbocycles. The number of benzene rings is 2. The number of likely N-dealkylation sites (tertiary alicyclic amines) is 1. The van der Waals surface area contributed by atoms with Gasteiger partial charge in [0.2, 0.25) is 10.0 Å². The summed E-state index contributed by atoms with van der Waals surface area (Å²) in [6, 6.07) is 10.8. The summed E-state index contributed by atoms with van der Waals surface area (Å²) in [7, 11) is -3.91. The third-order valence-corrected chi connectivity index (χ3v) is 7.83. The summed E-state index contributed by atoms with van der Waals surface area (Å²) in [6.07, 6.45) is 0.359. The van der Waals surface area contributed by atoms with Gasteiger partial charge in [-0.1, -0.05) is 18.2 Å². The molecule has 0 aliphatic carbocycles. The Morgan fingerprint density at radius 3 is 2.47 bits per heavy atom. The largest absolute Gasteiger partial charge is 0.492 e. The number of fused-ring (bicyclic) bond motifs is 1. The fraction of sp³-hybridized carbons (Fsp3) is 0.520. The highest BCUT2D eigenvalue weighted by Crippen LogP contribution is 2.40. The fourth-order valence-electron chi connectivity index (χ4n) is 5.00. The molecule has 2 aliphatic heterocycles. The van der Waals surface area contributed by atoms with E-state index in [9.17, 15) is 26.7 Å². The average molecular weight is 528 g/mol. The number of aliphatic hydroxyl groups excluding tert-OH is 1. The predicted molar refractivity (Wildman–Crippen MR) is 129 cm³/mol. The molecule has 1 saturated heterocycles. The smallest absolute Gasteiger partial charge is 0.283 e. The van der Waals surface area contributed by atoms with Gasteiger partial charge in [0.05, 0.1) is 24.2 Å². The summed E-state index contributed by atoms with van der Waals surface area (Å²) >= 11 is 0. The molecule has 2 atom stereocenters. The van der Waals surface area contributed by atoms with E-state index in [1.807, 2.05) is 12.1 Å². The Bertz CT molecular complexity index is 1160. The number of aliphatic hydroxyl groups is 1. The van der Waals surface area contributed by atoms with E-state index >= 15 is 0 Å². The van der Waals surface area contributed by atoms with Gasteiger partial charge < -0.3 is 9.84 Å². The molecule has 0 radical (unpaired) electrons. The van der Waals surface area contributed by atoms with Gasteiger partial charge in [-0.05, 0) is 54.3 Å². The van der Waals surface area contributed by atoms with Gasteiger partial charge in [-0.15, -0.1) is 0 Å². The third-order valence-electron chi connectivity index (χ3n) is 6.92. The number of hydrogen-bond acceptors (Lipinski definition) is 6. The number of ether oxygens (including phenoxy) is 1. The number of halogens is 3. The molecule has 11 heteroatoms. The minimum absolute atomic E-state index is 0.0230. The number of primary sulfonamides is 1. The first-order valence-electron chi connectivity index (χ1n) is 11.9. The van der Waals surface area contributed by atoms with Crippen molar-refractivity contribution in [3.05, 3.63) is 59.2 Å². The van der Waals surface area contributed by atoms with E-state index in [-0.39, 0.29) is 23.5 Å². The molecule has 36 heavy (non-hydrogen) atoms. The molecule has 2 heterocycles. The monoisotopic (exact) mass is 527 g/mol. The van der Waals surface area contributed by atoms with Crippen molar-refractivity contribution in [3.8, 4) is 5.75 Å². The Labute approximate surface area is 209 Å². The van der Waals surface area contributed by atoms with Crippen LogP contribution in [-0.4, -0.2) is 81.4 Å². The van der Waals surface area contributed by atoms with Crippen molar-refractivity contribution in [2.45, 2.75) is 36.2 Å². The first kappa shape index (κ1) is 26.9. The molecule has 198 valence electrons. The van der Waals surface area contributed by atoms with Crippen LogP contribution in [0.15, 0.2) is 47.4 Å². The normalized spacial score (nSPS) is 21.7. The van der Waals surface area contributed by atoms with Crippen molar-refractivity contribution >= 4 is 10.0 Å². The van der Waals surface area contributed by atoms with Gasteiger partial charge in [0.25, 0.3) is 5.92 Å². The summed E-state index contributed by atoms with van der Waals surface area (Å²) in [4.78, 5) is 3.73. The number of rotatable bonds is 10. The molecule has 0 amide bonds. The molecule has 2 aromatic rings. The van der Waals surface area contributed by atoms with Crippen LogP contribution >= 0.6 is 0 Å². The molecule has 0 saturated carbocycles. The van der Waals surface area contributed by atoms with Gasteiger partial charge in [0.15, 0.2) is 0 Å². The van der Waals surface area contributed by atoms with E-state index < -0.39 is 35.1 Å². The summed E-state index contributed by atoms with van der Waals surface area (Å²) in [5.41, 5.74) is 2.17. The van der Waals surface area contributed by atoms with Crippen molar-refractivity contribution < 1.29 is 31.4 Å². The minimum Gasteiger partial charge on any atom is -0.492 e. The molecule has 2 aliphatic rings. The lowest BCUT2D eigenvalue weighted by atomic mass is 9.85. The van der Waals surface area contributed by atoms with Crippen LogP contribution in [0, 0.1) is 5.92 Å². The number of sulfonamides is 1. The van der Waals surface area contributed by atoms with Gasteiger partial charge in [-0.2, -0.15) is 0 Å². The Balaban J connectivity index is 1.57. The Morgan fingerprint density at radius 1 is 1.17 bits per heavy atom. The fourth-order valence-corrected chi connectivity index (χ4v) is 5.57. The van der Waals surface area contributed by atoms with Crippen LogP contribution in [0.2, 0.25) is 0 Å². The average Bonchev–Trinajstić information content (AvgIpc) is 2.80. The maximum absolute atomic E-state index is 14.3. The number of nitrogens with zero attached hydrogens (tertiary/aromatic N) is 2. The van der Waals surface area contributed by atoms with Crippen molar-refractivity contribution in [2.24, 2.45) is 11.1 Å². The summed E-state index contributed by atoms with van der Waals surface area (Å²) in [6.45, 7) is 2.20. The third kappa shape index (κ3) is 6.03. The predicted octanol–water partition coefficient (Wildman–Crippen LogP) is 2.58. The molecule has 4 rings (SSSR count). The number of hydrogen-bond donors (Lipinski definition) is 2. The van der Waals surface area contributed by atoms with Gasteiger partial charge >= 0.3 is 0 Å². The molecule has 0 bridgehead atoms. The summed E-state index contributed by atoms with van der Waals surface area (Å²) in [5, 5.41) is 14.5. The van der Waals surface area contributed by atoms with Gasteiger partial charge in [-0.25, -0.2) is 22.3 Å². The molecule has 0 spiro atoms. The first-order valence-corrected chi connectivity index (χ1v) is 13.5. The summed E-state index contributed by atoms with van der Waals surface area (Å²) < 4.78 is 70.7. The topological polar surface area (TPSA) is 96.1 Å². The maximum atomic E-state index is 14.3.